The van der Waals surface area contributed by atoms with E-state index in [2.05, 4.69) is 41.2 Å². The number of nitrogens with one attached hydrogen (secondary N) is 1. The van der Waals surface area contributed by atoms with Gasteiger partial charge in [-0.1, -0.05) is 42.0 Å². The quantitative estimate of drug-likeness (QED) is 0.617. The number of H-pyrrole nitrogens is 1. The van der Waals surface area contributed by atoms with Gasteiger partial charge in [0.15, 0.2) is 0 Å². The highest BCUT2D eigenvalue weighted by Gasteiger charge is 2.13. The van der Waals surface area contributed by atoms with Gasteiger partial charge in [0.2, 0.25) is 5.78 Å². The highest BCUT2D eigenvalue weighted by atomic mass is 16.1. The minimum atomic E-state index is 0.00512. The summed E-state index contributed by atoms with van der Waals surface area (Å²) in [5.74, 6) is 0.598. The van der Waals surface area contributed by atoms with Crippen molar-refractivity contribution in [2.45, 2.75) is 20.3 Å². The first-order chi connectivity index (χ1) is 11.1. The SMILES string of the molecule is Cc1ccc(Cc2c(C)[nH]c3nc4ccccc4n3c2=O)cc1. The van der Waals surface area contributed by atoms with Gasteiger partial charge in [-0.25, -0.2) is 9.38 Å². The number of rotatable bonds is 2. The van der Waals surface area contributed by atoms with E-state index >= 15 is 0 Å². The summed E-state index contributed by atoms with van der Waals surface area (Å²) in [4.78, 5) is 20.8. The van der Waals surface area contributed by atoms with E-state index in [4.69, 9.17) is 0 Å². The van der Waals surface area contributed by atoms with Gasteiger partial charge < -0.3 is 4.98 Å². The second-order valence-corrected chi connectivity index (χ2v) is 5.96. The molecular weight excluding hydrogens is 286 g/mol. The smallest absolute Gasteiger partial charge is 0.263 e. The molecular formula is C19H17N3O. The molecule has 2 aromatic carbocycles. The Balaban J connectivity index is 1.94. The van der Waals surface area contributed by atoms with Crippen LogP contribution in [0.1, 0.15) is 22.4 Å². The third kappa shape index (κ3) is 2.23. The van der Waals surface area contributed by atoms with Crippen molar-refractivity contribution < 1.29 is 0 Å². The Morgan fingerprint density at radius 1 is 1.04 bits per heavy atom. The molecule has 0 spiro atoms. The largest absolute Gasteiger partial charge is 0.329 e. The molecule has 0 aliphatic heterocycles. The predicted octanol–water partition coefficient (Wildman–Crippen LogP) is 3.38. The Morgan fingerprint density at radius 3 is 2.57 bits per heavy atom. The molecule has 4 aromatic rings. The Labute approximate surface area is 133 Å². The third-order valence-electron chi connectivity index (χ3n) is 4.28. The summed E-state index contributed by atoms with van der Waals surface area (Å²) in [5.41, 5.74) is 5.68. The van der Waals surface area contributed by atoms with Crippen molar-refractivity contribution in [1.82, 2.24) is 14.4 Å². The van der Waals surface area contributed by atoms with E-state index in [0.29, 0.717) is 12.2 Å². The Hall–Kier alpha value is -2.88. The van der Waals surface area contributed by atoms with E-state index in [1.165, 1.54) is 5.56 Å². The summed E-state index contributed by atoms with van der Waals surface area (Å²) in [6, 6.07) is 16.0. The molecule has 0 fully saturated rings. The molecule has 114 valence electrons. The van der Waals surface area contributed by atoms with Crippen LogP contribution in [0.25, 0.3) is 16.8 Å². The number of nitrogens with zero attached hydrogens (tertiary/aromatic N) is 2. The van der Waals surface area contributed by atoms with Gasteiger partial charge in [-0.2, -0.15) is 0 Å². The van der Waals surface area contributed by atoms with Gasteiger partial charge in [0.25, 0.3) is 5.56 Å². The lowest BCUT2D eigenvalue weighted by molar-refractivity contribution is 0.968. The van der Waals surface area contributed by atoms with E-state index in [1.54, 1.807) is 4.40 Å². The van der Waals surface area contributed by atoms with Gasteiger partial charge in [-0.15, -0.1) is 0 Å². The third-order valence-corrected chi connectivity index (χ3v) is 4.28. The van der Waals surface area contributed by atoms with Crippen molar-refractivity contribution in [3.63, 3.8) is 0 Å². The van der Waals surface area contributed by atoms with Gasteiger partial charge in [-0.3, -0.25) is 4.79 Å². The number of hydrogen-bond acceptors (Lipinski definition) is 2. The maximum atomic E-state index is 13.0. The zero-order valence-corrected chi connectivity index (χ0v) is 13.1. The van der Waals surface area contributed by atoms with E-state index < -0.39 is 0 Å². The zero-order valence-electron chi connectivity index (χ0n) is 13.1. The molecule has 0 radical (unpaired) electrons. The molecule has 0 bridgehead atoms. The number of aryl methyl sites for hydroxylation is 2. The zero-order chi connectivity index (χ0) is 16.0. The Morgan fingerprint density at radius 2 is 1.78 bits per heavy atom. The van der Waals surface area contributed by atoms with Gasteiger partial charge in [-0.05, 0) is 31.5 Å². The fourth-order valence-electron chi connectivity index (χ4n) is 2.97. The summed E-state index contributed by atoms with van der Waals surface area (Å²) < 4.78 is 1.67. The second kappa shape index (κ2) is 5.09. The number of aromatic amines is 1. The summed E-state index contributed by atoms with van der Waals surface area (Å²) in [6.07, 6.45) is 0.615. The molecule has 23 heavy (non-hydrogen) atoms. The number of fused-ring (bicyclic) bond motifs is 3. The monoisotopic (exact) mass is 303 g/mol. The topological polar surface area (TPSA) is 50.2 Å². The lowest BCUT2D eigenvalue weighted by Crippen LogP contribution is -2.21. The fourth-order valence-corrected chi connectivity index (χ4v) is 2.97. The standard InChI is InChI=1S/C19H17N3O/c1-12-7-9-14(10-8-12)11-15-13(2)20-19-21-16-5-3-4-6-17(16)22(19)18(15)23/h3-10H,11H2,1-2H3,(H,20,21). The van der Waals surface area contributed by atoms with Gasteiger partial charge in [0.05, 0.1) is 11.0 Å². The van der Waals surface area contributed by atoms with Crippen molar-refractivity contribution in [2.75, 3.05) is 0 Å². The number of benzene rings is 2. The summed E-state index contributed by atoms with van der Waals surface area (Å²) in [6.45, 7) is 4.00. The summed E-state index contributed by atoms with van der Waals surface area (Å²) in [7, 11) is 0. The number of imidazole rings is 1. The minimum Gasteiger partial charge on any atom is -0.329 e. The molecule has 2 heterocycles. The highest BCUT2D eigenvalue weighted by molar-refractivity contribution is 5.79. The first-order valence-electron chi connectivity index (χ1n) is 7.68. The molecule has 0 atom stereocenters. The van der Waals surface area contributed by atoms with Gasteiger partial charge >= 0.3 is 0 Å². The highest BCUT2D eigenvalue weighted by Crippen LogP contribution is 2.16. The van der Waals surface area contributed by atoms with Crippen molar-refractivity contribution >= 4 is 16.8 Å². The van der Waals surface area contributed by atoms with E-state index in [9.17, 15) is 4.79 Å². The van der Waals surface area contributed by atoms with Crippen molar-refractivity contribution in [1.29, 1.82) is 0 Å². The number of para-hydroxylation sites is 2. The minimum absolute atomic E-state index is 0.00512. The molecule has 4 nitrogen and oxygen atoms in total. The molecule has 0 amide bonds. The van der Waals surface area contributed by atoms with Crippen LogP contribution in [0, 0.1) is 13.8 Å². The van der Waals surface area contributed by atoms with E-state index in [0.717, 1.165) is 27.9 Å². The molecule has 0 unspecified atom stereocenters. The molecule has 4 rings (SSSR count). The normalized spacial score (nSPS) is 11.4. The van der Waals surface area contributed by atoms with Crippen LogP contribution in [-0.4, -0.2) is 14.4 Å². The summed E-state index contributed by atoms with van der Waals surface area (Å²) >= 11 is 0. The van der Waals surface area contributed by atoms with Crippen LogP contribution in [0.2, 0.25) is 0 Å². The van der Waals surface area contributed by atoms with E-state index in [1.807, 2.05) is 31.2 Å². The molecule has 0 saturated heterocycles. The van der Waals surface area contributed by atoms with Crippen molar-refractivity contribution in [3.8, 4) is 0 Å². The molecule has 1 N–H and O–H groups in total. The fraction of sp³-hybridized carbons (Fsp3) is 0.158. The maximum absolute atomic E-state index is 13.0. The van der Waals surface area contributed by atoms with Crippen LogP contribution in [0.5, 0.6) is 0 Å². The van der Waals surface area contributed by atoms with Gasteiger partial charge in [0.1, 0.15) is 0 Å². The Kier molecular flexibility index (Phi) is 3.05. The number of hydrogen-bond donors (Lipinski definition) is 1. The predicted molar refractivity (Wildman–Crippen MR) is 92.0 cm³/mol. The number of aromatic nitrogens is 3. The van der Waals surface area contributed by atoms with Crippen LogP contribution in [-0.2, 0) is 6.42 Å². The van der Waals surface area contributed by atoms with Gasteiger partial charge in [0, 0.05) is 17.7 Å². The molecule has 2 aromatic heterocycles. The molecule has 4 heteroatoms. The van der Waals surface area contributed by atoms with Crippen LogP contribution < -0.4 is 5.56 Å². The molecule has 0 aliphatic rings. The van der Waals surface area contributed by atoms with Crippen molar-refractivity contribution in [3.05, 3.63) is 81.3 Å². The average molecular weight is 303 g/mol. The first kappa shape index (κ1) is 13.8. The molecule has 0 aliphatic carbocycles. The lowest BCUT2D eigenvalue weighted by Gasteiger charge is -2.07. The lowest BCUT2D eigenvalue weighted by atomic mass is 10.0. The summed E-state index contributed by atoms with van der Waals surface area (Å²) in [5, 5.41) is 0. The van der Waals surface area contributed by atoms with Crippen LogP contribution in [0.4, 0.5) is 0 Å². The second-order valence-electron chi connectivity index (χ2n) is 5.96. The average Bonchev–Trinajstić information content (AvgIpc) is 2.91. The van der Waals surface area contributed by atoms with Crippen LogP contribution in [0.15, 0.2) is 53.3 Å². The Bertz CT molecular complexity index is 1070. The first-order valence-corrected chi connectivity index (χ1v) is 7.68. The van der Waals surface area contributed by atoms with Crippen molar-refractivity contribution in [2.24, 2.45) is 0 Å². The van der Waals surface area contributed by atoms with Crippen LogP contribution in [0.3, 0.4) is 0 Å². The molecule has 0 saturated carbocycles. The van der Waals surface area contributed by atoms with E-state index in [-0.39, 0.29) is 5.56 Å². The van der Waals surface area contributed by atoms with Crippen LogP contribution >= 0.6 is 0 Å². The maximum Gasteiger partial charge on any atom is 0.263 e.